The van der Waals surface area contributed by atoms with E-state index in [-0.39, 0.29) is 18.8 Å². The number of aryl methyl sites for hydroxylation is 1. The van der Waals surface area contributed by atoms with E-state index in [1.54, 1.807) is 0 Å². The summed E-state index contributed by atoms with van der Waals surface area (Å²) >= 11 is 0. The number of rotatable bonds is 2. The van der Waals surface area contributed by atoms with Crippen LogP contribution in [0.3, 0.4) is 0 Å². The highest BCUT2D eigenvalue weighted by Crippen LogP contribution is 2.26. The smallest absolute Gasteiger partial charge is 0.402 e. The van der Waals surface area contributed by atoms with Gasteiger partial charge in [0, 0.05) is 24.4 Å². The molecule has 0 spiro atoms. The highest BCUT2D eigenvalue weighted by atomic mass is 16.7. The Kier molecular flexibility index (Phi) is 2.72. The molecule has 86 valence electrons. The van der Waals surface area contributed by atoms with Gasteiger partial charge in [-0.2, -0.15) is 0 Å². The van der Waals surface area contributed by atoms with Crippen molar-refractivity contribution in [1.29, 1.82) is 0 Å². The number of hydrogen-bond acceptors (Lipinski definition) is 2. The Morgan fingerprint density at radius 1 is 1.56 bits per heavy atom. The van der Waals surface area contributed by atoms with E-state index in [1.807, 2.05) is 36.9 Å². The van der Waals surface area contributed by atoms with Gasteiger partial charge in [0.1, 0.15) is 0 Å². The van der Waals surface area contributed by atoms with Gasteiger partial charge >= 0.3 is 7.12 Å². The first-order valence-corrected chi connectivity index (χ1v) is 5.56. The highest BCUT2D eigenvalue weighted by Gasteiger charge is 2.44. The Bertz CT molecular complexity index is 411. The van der Waals surface area contributed by atoms with E-state index in [9.17, 15) is 0 Å². The molecule has 0 aliphatic carbocycles. The molecular weight excluding hydrogens is 201 g/mol. The van der Waals surface area contributed by atoms with E-state index in [0.717, 1.165) is 11.2 Å². The predicted octanol–water partition coefficient (Wildman–Crippen LogP) is 1.58. The molecule has 0 N–H and O–H groups in total. The first-order valence-electron chi connectivity index (χ1n) is 5.56. The minimum absolute atomic E-state index is 0.102. The summed E-state index contributed by atoms with van der Waals surface area (Å²) < 4.78 is 13.7. The fraction of sp³-hybridized carbons (Fsp3) is 0.500. The lowest BCUT2D eigenvalue weighted by Crippen LogP contribution is -2.34. The molecule has 1 unspecified atom stereocenters. The Morgan fingerprint density at radius 3 is 2.69 bits per heavy atom. The van der Waals surface area contributed by atoms with Crippen LogP contribution in [0.15, 0.2) is 18.8 Å². The average molecular weight is 219 g/mol. The minimum Gasteiger partial charge on any atom is -0.402 e. The third-order valence-electron chi connectivity index (χ3n) is 3.26. The van der Waals surface area contributed by atoms with Crippen LogP contribution in [0.2, 0.25) is 0 Å². The Labute approximate surface area is 97.2 Å². The average Bonchev–Trinajstić information content (AvgIpc) is 2.69. The summed E-state index contributed by atoms with van der Waals surface area (Å²) in [4.78, 5) is 0. The van der Waals surface area contributed by atoms with E-state index in [4.69, 9.17) is 9.31 Å². The predicted molar refractivity (Wildman–Crippen MR) is 66.6 cm³/mol. The standard InChI is InChI=1S/C12H18BNO2/c1-6-11-7-10(8-14(11)5)13-15-9(2)12(3,4)16-13/h6-9H,1H2,2-5H3. The SMILES string of the molecule is C=Cc1cc(B2OC(C)C(C)(C)O2)cn1C. The molecule has 1 aliphatic heterocycles. The molecule has 0 amide bonds. The summed E-state index contributed by atoms with van der Waals surface area (Å²) in [5.41, 5.74) is 1.89. The van der Waals surface area contributed by atoms with Gasteiger partial charge in [-0.15, -0.1) is 0 Å². The Hall–Kier alpha value is -0.995. The van der Waals surface area contributed by atoms with Crippen molar-refractivity contribution in [1.82, 2.24) is 4.57 Å². The second-order valence-electron chi connectivity index (χ2n) is 4.84. The summed E-state index contributed by atoms with van der Waals surface area (Å²) in [5.74, 6) is 0. The zero-order chi connectivity index (χ0) is 11.9. The quantitative estimate of drug-likeness (QED) is 0.705. The Balaban J connectivity index is 2.23. The molecule has 4 heteroatoms. The van der Waals surface area contributed by atoms with E-state index in [1.165, 1.54) is 0 Å². The normalized spacial score (nSPS) is 23.8. The van der Waals surface area contributed by atoms with Crippen molar-refractivity contribution in [3.63, 3.8) is 0 Å². The molecule has 0 saturated carbocycles. The van der Waals surface area contributed by atoms with Crippen molar-refractivity contribution in [3.8, 4) is 0 Å². The van der Waals surface area contributed by atoms with Crippen LogP contribution in [0.1, 0.15) is 26.5 Å². The lowest BCUT2D eigenvalue weighted by atomic mass is 9.81. The molecule has 16 heavy (non-hydrogen) atoms. The van der Waals surface area contributed by atoms with Crippen LogP contribution in [0.5, 0.6) is 0 Å². The Morgan fingerprint density at radius 2 is 2.25 bits per heavy atom. The molecule has 1 aliphatic rings. The highest BCUT2D eigenvalue weighted by molar-refractivity contribution is 6.62. The van der Waals surface area contributed by atoms with Crippen LogP contribution >= 0.6 is 0 Å². The molecular formula is C12H18BNO2. The van der Waals surface area contributed by atoms with Gasteiger partial charge in [-0.3, -0.25) is 0 Å². The zero-order valence-corrected chi connectivity index (χ0v) is 10.4. The summed E-state index contributed by atoms with van der Waals surface area (Å²) in [6, 6.07) is 2.05. The van der Waals surface area contributed by atoms with Gasteiger partial charge in [0.2, 0.25) is 0 Å². The molecule has 3 nitrogen and oxygen atoms in total. The molecule has 0 aromatic carbocycles. The van der Waals surface area contributed by atoms with E-state index >= 15 is 0 Å². The van der Waals surface area contributed by atoms with E-state index in [0.29, 0.717) is 0 Å². The van der Waals surface area contributed by atoms with Crippen LogP contribution < -0.4 is 5.46 Å². The summed E-state index contributed by atoms with van der Waals surface area (Å²) in [5, 5.41) is 0. The fourth-order valence-corrected chi connectivity index (χ4v) is 1.84. The molecule has 0 bridgehead atoms. The zero-order valence-electron chi connectivity index (χ0n) is 10.4. The maximum absolute atomic E-state index is 5.89. The topological polar surface area (TPSA) is 23.4 Å². The first-order chi connectivity index (χ1) is 7.44. The molecule has 0 radical (unpaired) electrons. The largest absolute Gasteiger partial charge is 0.496 e. The van der Waals surface area contributed by atoms with Gasteiger partial charge in [0.05, 0.1) is 11.7 Å². The minimum atomic E-state index is -0.259. The van der Waals surface area contributed by atoms with Crippen molar-refractivity contribution in [2.75, 3.05) is 0 Å². The third-order valence-corrected chi connectivity index (χ3v) is 3.26. The molecule has 1 aromatic rings. The summed E-state index contributed by atoms with van der Waals surface area (Å²) in [6.45, 7) is 9.91. The maximum Gasteiger partial charge on any atom is 0.496 e. The van der Waals surface area contributed by atoms with Gasteiger partial charge in [-0.05, 0) is 32.9 Å². The second kappa shape index (κ2) is 3.79. The van der Waals surface area contributed by atoms with E-state index < -0.39 is 0 Å². The van der Waals surface area contributed by atoms with Crippen molar-refractivity contribution in [2.45, 2.75) is 32.5 Å². The van der Waals surface area contributed by atoms with Crippen LogP contribution in [-0.2, 0) is 16.4 Å². The molecule has 1 fully saturated rings. The number of hydrogen-bond donors (Lipinski definition) is 0. The monoisotopic (exact) mass is 219 g/mol. The van der Waals surface area contributed by atoms with Crippen molar-refractivity contribution in [2.24, 2.45) is 7.05 Å². The van der Waals surface area contributed by atoms with Crippen molar-refractivity contribution >= 4 is 18.7 Å². The lowest BCUT2D eigenvalue weighted by molar-refractivity contribution is 0.0842. The molecule has 1 saturated heterocycles. The van der Waals surface area contributed by atoms with Gasteiger partial charge in [0.15, 0.2) is 0 Å². The van der Waals surface area contributed by atoms with Gasteiger partial charge < -0.3 is 13.9 Å². The molecule has 1 aromatic heterocycles. The second-order valence-corrected chi connectivity index (χ2v) is 4.84. The number of nitrogens with zero attached hydrogens (tertiary/aromatic N) is 1. The molecule has 1 atom stereocenters. The number of aromatic nitrogens is 1. The first kappa shape index (κ1) is 11.5. The summed E-state index contributed by atoms with van der Waals surface area (Å²) in [6.07, 6.45) is 3.95. The van der Waals surface area contributed by atoms with E-state index in [2.05, 4.69) is 20.4 Å². The summed E-state index contributed by atoms with van der Waals surface area (Å²) in [7, 11) is 1.73. The van der Waals surface area contributed by atoms with Crippen LogP contribution in [0.4, 0.5) is 0 Å². The van der Waals surface area contributed by atoms with Crippen LogP contribution in [0.25, 0.3) is 6.08 Å². The van der Waals surface area contributed by atoms with Crippen LogP contribution in [-0.4, -0.2) is 23.4 Å². The van der Waals surface area contributed by atoms with Gasteiger partial charge in [-0.1, -0.05) is 6.58 Å². The van der Waals surface area contributed by atoms with Crippen LogP contribution in [0, 0.1) is 0 Å². The van der Waals surface area contributed by atoms with Gasteiger partial charge in [0.25, 0.3) is 0 Å². The molecule has 2 heterocycles. The maximum atomic E-state index is 5.89. The van der Waals surface area contributed by atoms with Crippen molar-refractivity contribution < 1.29 is 9.31 Å². The van der Waals surface area contributed by atoms with Crippen molar-refractivity contribution in [3.05, 3.63) is 24.5 Å². The lowest BCUT2D eigenvalue weighted by Gasteiger charge is -2.21. The third kappa shape index (κ3) is 1.83. The van der Waals surface area contributed by atoms with Gasteiger partial charge in [-0.25, -0.2) is 0 Å². The molecule has 2 rings (SSSR count). The fourth-order valence-electron chi connectivity index (χ4n) is 1.84.